The average Bonchev–Trinajstić information content (AvgIpc) is 2.32. The zero-order valence-electron chi connectivity index (χ0n) is 9.70. The number of azide groups is 1. The molecule has 18 heavy (non-hydrogen) atoms. The van der Waals surface area contributed by atoms with Crippen LogP contribution in [0.25, 0.3) is 10.4 Å². The van der Waals surface area contributed by atoms with Crippen molar-refractivity contribution in [2.45, 2.75) is 12.8 Å². The van der Waals surface area contributed by atoms with Crippen molar-refractivity contribution in [2.24, 2.45) is 5.11 Å². The molecule has 0 aliphatic carbocycles. The van der Waals surface area contributed by atoms with Crippen LogP contribution in [0, 0.1) is 0 Å². The molecule has 7 nitrogen and oxygen atoms in total. The summed E-state index contributed by atoms with van der Waals surface area (Å²) >= 11 is 0. The zero-order chi connectivity index (χ0) is 13.4. The predicted octanol–water partition coefficient (Wildman–Crippen LogP) is 1.92. The Hall–Kier alpha value is -2.40. The molecule has 0 radical (unpaired) electrons. The van der Waals surface area contributed by atoms with Gasteiger partial charge in [0.05, 0.1) is 0 Å². The molecule has 7 heteroatoms. The van der Waals surface area contributed by atoms with Gasteiger partial charge in [-0.3, -0.25) is 4.79 Å². The first-order valence-corrected chi connectivity index (χ1v) is 5.45. The molecule has 0 bridgehead atoms. The van der Waals surface area contributed by atoms with E-state index >= 15 is 0 Å². The number of benzene rings is 1. The third-order valence-electron chi connectivity index (χ3n) is 2.20. The molecular formula is C11H14N4O3. The Morgan fingerprint density at radius 2 is 1.94 bits per heavy atom. The Balaban J connectivity index is 2.38. The van der Waals surface area contributed by atoms with Gasteiger partial charge in [0.25, 0.3) is 5.91 Å². The van der Waals surface area contributed by atoms with Crippen LogP contribution in [0.1, 0.15) is 23.2 Å². The van der Waals surface area contributed by atoms with Gasteiger partial charge in [-0.05, 0) is 30.5 Å². The minimum Gasteiger partial charge on any atom is -0.508 e. The second kappa shape index (κ2) is 7.03. The van der Waals surface area contributed by atoms with Gasteiger partial charge in [0.2, 0.25) is 0 Å². The van der Waals surface area contributed by atoms with E-state index in [1.165, 1.54) is 12.1 Å². The summed E-state index contributed by atoms with van der Waals surface area (Å²) in [5, 5.41) is 24.5. The van der Waals surface area contributed by atoms with Crippen molar-refractivity contribution in [1.82, 2.24) is 5.32 Å². The first-order valence-electron chi connectivity index (χ1n) is 5.45. The molecule has 0 aliphatic rings. The van der Waals surface area contributed by atoms with Gasteiger partial charge in [0.1, 0.15) is 11.5 Å². The highest BCUT2D eigenvalue weighted by molar-refractivity contribution is 5.94. The molecule has 0 fully saturated rings. The molecule has 0 saturated carbocycles. The van der Waals surface area contributed by atoms with E-state index in [4.69, 9.17) is 5.53 Å². The second-order valence-corrected chi connectivity index (χ2v) is 3.66. The van der Waals surface area contributed by atoms with Gasteiger partial charge in [0.15, 0.2) is 0 Å². The molecular weight excluding hydrogens is 236 g/mol. The summed E-state index contributed by atoms with van der Waals surface area (Å²) in [5.74, 6) is -0.697. The zero-order valence-corrected chi connectivity index (χ0v) is 9.70. The smallest absolute Gasteiger partial charge is 0.251 e. The lowest BCUT2D eigenvalue weighted by Gasteiger charge is -2.05. The Morgan fingerprint density at radius 3 is 2.56 bits per heavy atom. The first kappa shape index (κ1) is 13.7. The number of nitrogens with zero attached hydrogens (tertiary/aromatic N) is 3. The number of rotatable bonds is 6. The Morgan fingerprint density at radius 1 is 1.28 bits per heavy atom. The molecule has 1 rings (SSSR count). The number of hydrogen-bond donors (Lipinski definition) is 3. The minimum atomic E-state index is -0.370. The molecule has 0 aromatic heterocycles. The normalized spacial score (nSPS) is 9.56. The average molecular weight is 250 g/mol. The van der Waals surface area contributed by atoms with Crippen LogP contribution in [-0.2, 0) is 0 Å². The summed E-state index contributed by atoms with van der Waals surface area (Å²) in [6, 6.07) is 3.70. The quantitative estimate of drug-likeness (QED) is 0.309. The third kappa shape index (κ3) is 4.63. The van der Waals surface area contributed by atoms with Crippen LogP contribution >= 0.6 is 0 Å². The van der Waals surface area contributed by atoms with Crippen LogP contribution in [-0.4, -0.2) is 29.2 Å². The molecule has 0 heterocycles. The SMILES string of the molecule is [N-]=[N+]=NCCCCNC(=O)c1cc(O)cc(O)c1. The molecule has 0 spiro atoms. The predicted molar refractivity (Wildman–Crippen MR) is 65.4 cm³/mol. The summed E-state index contributed by atoms with van der Waals surface area (Å²) < 4.78 is 0. The van der Waals surface area contributed by atoms with Crippen LogP contribution in [0.3, 0.4) is 0 Å². The van der Waals surface area contributed by atoms with Crippen molar-refractivity contribution in [2.75, 3.05) is 13.1 Å². The van der Waals surface area contributed by atoms with E-state index in [1.807, 2.05) is 0 Å². The summed E-state index contributed by atoms with van der Waals surface area (Å²) in [6.07, 6.45) is 1.38. The van der Waals surface area contributed by atoms with Gasteiger partial charge in [-0.1, -0.05) is 5.11 Å². The summed E-state index contributed by atoms with van der Waals surface area (Å²) in [7, 11) is 0. The number of hydrogen-bond acceptors (Lipinski definition) is 4. The monoisotopic (exact) mass is 250 g/mol. The van der Waals surface area contributed by atoms with Crippen molar-refractivity contribution in [1.29, 1.82) is 0 Å². The number of carbonyl (C=O) groups is 1. The number of phenols is 2. The van der Waals surface area contributed by atoms with Crippen LogP contribution in [0.5, 0.6) is 11.5 Å². The highest BCUT2D eigenvalue weighted by Gasteiger charge is 2.07. The van der Waals surface area contributed by atoms with Crippen molar-refractivity contribution in [3.8, 4) is 11.5 Å². The molecule has 0 saturated heterocycles. The van der Waals surface area contributed by atoms with Gasteiger partial charge < -0.3 is 15.5 Å². The number of aromatic hydroxyl groups is 2. The molecule has 0 aliphatic heterocycles. The fourth-order valence-electron chi connectivity index (χ4n) is 1.38. The van der Waals surface area contributed by atoms with Gasteiger partial charge in [0, 0.05) is 29.6 Å². The van der Waals surface area contributed by atoms with Crippen LogP contribution < -0.4 is 5.32 Å². The number of nitrogens with one attached hydrogen (secondary N) is 1. The first-order chi connectivity index (χ1) is 8.63. The van der Waals surface area contributed by atoms with Gasteiger partial charge >= 0.3 is 0 Å². The van der Waals surface area contributed by atoms with E-state index in [2.05, 4.69) is 15.3 Å². The molecule has 1 aromatic carbocycles. The Bertz CT molecular complexity index is 449. The molecule has 1 amide bonds. The van der Waals surface area contributed by atoms with E-state index in [1.54, 1.807) is 0 Å². The van der Waals surface area contributed by atoms with Crippen molar-refractivity contribution in [3.05, 3.63) is 34.2 Å². The topological polar surface area (TPSA) is 118 Å². The van der Waals surface area contributed by atoms with E-state index in [0.29, 0.717) is 25.9 Å². The standard InChI is InChI=1S/C11H14N4O3/c12-15-14-4-2-1-3-13-11(18)8-5-9(16)7-10(17)6-8/h5-7,16-17H,1-4H2,(H,13,18). The highest BCUT2D eigenvalue weighted by Crippen LogP contribution is 2.20. The van der Waals surface area contributed by atoms with Crippen molar-refractivity contribution >= 4 is 5.91 Å². The molecule has 0 unspecified atom stereocenters. The minimum absolute atomic E-state index is 0.163. The maximum atomic E-state index is 11.6. The molecule has 96 valence electrons. The Kier molecular flexibility index (Phi) is 5.34. The number of phenolic OH excluding ortho intramolecular Hbond substituents is 2. The molecule has 1 aromatic rings. The maximum Gasteiger partial charge on any atom is 0.251 e. The number of unbranched alkanes of at least 4 members (excludes halogenated alkanes) is 1. The summed E-state index contributed by atoms with van der Waals surface area (Å²) in [4.78, 5) is 14.2. The largest absolute Gasteiger partial charge is 0.508 e. The molecule has 0 atom stereocenters. The summed E-state index contributed by atoms with van der Waals surface area (Å²) in [5.41, 5.74) is 8.25. The van der Waals surface area contributed by atoms with E-state index in [0.717, 1.165) is 6.07 Å². The lowest BCUT2D eigenvalue weighted by Crippen LogP contribution is -2.24. The lowest BCUT2D eigenvalue weighted by atomic mass is 10.2. The highest BCUT2D eigenvalue weighted by atomic mass is 16.3. The number of carbonyl (C=O) groups excluding carboxylic acids is 1. The fraction of sp³-hybridized carbons (Fsp3) is 0.364. The van der Waals surface area contributed by atoms with Crippen LogP contribution in [0.15, 0.2) is 23.3 Å². The van der Waals surface area contributed by atoms with E-state index in [9.17, 15) is 15.0 Å². The van der Waals surface area contributed by atoms with Crippen molar-refractivity contribution in [3.63, 3.8) is 0 Å². The fourth-order valence-corrected chi connectivity index (χ4v) is 1.38. The van der Waals surface area contributed by atoms with E-state index in [-0.39, 0.29) is 23.0 Å². The molecule has 3 N–H and O–H groups in total. The maximum absolute atomic E-state index is 11.6. The summed E-state index contributed by atoms with van der Waals surface area (Å²) in [6.45, 7) is 0.843. The lowest BCUT2D eigenvalue weighted by molar-refractivity contribution is 0.0952. The van der Waals surface area contributed by atoms with Gasteiger partial charge in [-0.25, -0.2) is 0 Å². The van der Waals surface area contributed by atoms with Crippen LogP contribution in [0.2, 0.25) is 0 Å². The van der Waals surface area contributed by atoms with E-state index < -0.39 is 0 Å². The third-order valence-corrected chi connectivity index (χ3v) is 2.20. The Labute approximate surface area is 104 Å². The van der Waals surface area contributed by atoms with Gasteiger partial charge in [-0.15, -0.1) is 0 Å². The second-order valence-electron chi connectivity index (χ2n) is 3.66. The number of amides is 1. The van der Waals surface area contributed by atoms with Crippen LogP contribution in [0.4, 0.5) is 0 Å². The van der Waals surface area contributed by atoms with Crippen molar-refractivity contribution < 1.29 is 15.0 Å². The van der Waals surface area contributed by atoms with Gasteiger partial charge in [-0.2, -0.15) is 0 Å².